The van der Waals surface area contributed by atoms with Gasteiger partial charge in [0.1, 0.15) is 6.33 Å². The van der Waals surface area contributed by atoms with Gasteiger partial charge in [0.15, 0.2) is 5.82 Å². The lowest BCUT2D eigenvalue weighted by atomic mass is 10.2. The SMILES string of the molecule is C[C@@H](N)CC(=O)N1CCn2cnnc2C1. The molecule has 2 rings (SSSR count). The number of hydrogen-bond acceptors (Lipinski definition) is 4. The highest BCUT2D eigenvalue weighted by Crippen LogP contribution is 2.10. The zero-order chi connectivity index (χ0) is 10.8. The van der Waals surface area contributed by atoms with E-state index in [4.69, 9.17) is 5.73 Å². The number of aromatic nitrogens is 3. The molecule has 0 saturated heterocycles. The molecule has 0 unspecified atom stereocenters. The summed E-state index contributed by atoms with van der Waals surface area (Å²) in [4.78, 5) is 13.5. The van der Waals surface area contributed by atoms with E-state index >= 15 is 0 Å². The minimum atomic E-state index is -0.0858. The molecule has 2 N–H and O–H groups in total. The lowest BCUT2D eigenvalue weighted by Crippen LogP contribution is -2.40. The second kappa shape index (κ2) is 3.98. The number of nitrogens with zero attached hydrogens (tertiary/aromatic N) is 4. The van der Waals surface area contributed by atoms with Crippen molar-refractivity contribution in [1.29, 1.82) is 0 Å². The number of fused-ring (bicyclic) bond motifs is 1. The summed E-state index contributed by atoms with van der Waals surface area (Å²) in [6, 6.07) is -0.0858. The van der Waals surface area contributed by atoms with Crippen LogP contribution in [0.3, 0.4) is 0 Å². The first-order valence-corrected chi connectivity index (χ1v) is 5.07. The van der Waals surface area contributed by atoms with Crippen LogP contribution in [0.5, 0.6) is 0 Å². The summed E-state index contributed by atoms with van der Waals surface area (Å²) >= 11 is 0. The Hall–Kier alpha value is -1.43. The summed E-state index contributed by atoms with van der Waals surface area (Å²) in [5, 5.41) is 7.77. The molecule has 0 fully saturated rings. The number of nitrogens with two attached hydrogens (primary N) is 1. The van der Waals surface area contributed by atoms with E-state index in [0.29, 0.717) is 13.0 Å². The van der Waals surface area contributed by atoms with Gasteiger partial charge in [0, 0.05) is 25.6 Å². The Morgan fingerprint density at radius 1 is 1.67 bits per heavy atom. The largest absolute Gasteiger partial charge is 0.333 e. The van der Waals surface area contributed by atoms with E-state index in [1.807, 2.05) is 11.5 Å². The standard InChI is InChI=1S/C9H15N5O/c1-7(10)4-9(15)13-2-3-14-6-11-12-8(14)5-13/h6-7H,2-5,10H2,1H3/t7-/m1/s1. The zero-order valence-corrected chi connectivity index (χ0v) is 8.76. The highest BCUT2D eigenvalue weighted by Gasteiger charge is 2.21. The van der Waals surface area contributed by atoms with E-state index in [1.165, 1.54) is 0 Å². The minimum Gasteiger partial charge on any atom is -0.333 e. The van der Waals surface area contributed by atoms with E-state index in [2.05, 4.69) is 10.2 Å². The number of amides is 1. The number of carbonyl (C=O) groups excluding carboxylic acids is 1. The van der Waals surface area contributed by atoms with Crippen LogP contribution in [0.4, 0.5) is 0 Å². The third kappa shape index (κ3) is 2.15. The van der Waals surface area contributed by atoms with Crippen molar-refractivity contribution < 1.29 is 4.79 Å². The van der Waals surface area contributed by atoms with Crippen LogP contribution in [0.15, 0.2) is 6.33 Å². The van der Waals surface area contributed by atoms with E-state index in [1.54, 1.807) is 11.2 Å². The molecule has 0 saturated carbocycles. The molecular weight excluding hydrogens is 194 g/mol. The van der Waals surface area contributed by atoms with Gasteiger partial charge in [-0.05, 0) is 6.92 Å². The molecule has 0 aliphatic carbocycles. The Kier molecular flexibility index (Phi) is 2.68. The second-order valence-corrected chi connectivity index (χ2v) is 3.94. The lowest BCUT2D eigenvalue weighted by molar-refractivity contribution is -0.133. The van der Waals surface area contributed by atoms with Crippen LogP contribution >= 0.6 is 0 Å². The summed E-state index contributed by atoms with van der Waals surface area (Å²) in [7, 11) is 0. The lowest BCUT2D eigenvalue weighted by Gasteiger charge is -2.27. The van der Waals surface area contributed by atoms with Crippen molar-refractivity contribution in [3.05, 3.63) is 12.2 Å². The average Bonchev–Trinajstić information content (AvgIpc) is 2.62. The molecular formula is C9H15N5O. The summed E-state index contributed by atoms with van der Waals surface area (Å²) in [6.07, 6.45) is 2.09. The Morgan fingerprint density at radius 2 is 2.47 bits per heavy atom. The first-order chi connectivity index (χ1) is 7.16. The van der Waals surface area contributed by atoms with Gasteiger partial charge in [-0.1, -0.05) is 0 Å². The Bertz CT molecular complexity index is 359. The Labute approximate surface area is 88.1 Å². The van der Waals surface area contributed by atoms with Gasteiger partial charge in [-0.3, -0.25) is 4.79 Å². The molecule has 1 aliphatic rings. The van der Waals surface area contributed by atoms with Crippen LogP contribution in [0.25, 0.3) is 0 Å². The Balaban J connectivity index is 2.00. The van der Waals surface area contributed by atoms with Gasteiger partial charge >= 0.3 is 0 Å². The minimum absolute atomic E-state index is 0.0858. The van der Waals surface area contributed by atoms with Crippen molar-refractivity contribution in [1.82, 2.24) is 19.7 Å². The summed E-state index contributed by atoms with van der Waals surface area (Å²) in [5.74, 6) is 0.943. The first-order valence-electron chi connectivity index (χ1n) is 5.07. The maximum Gasteiger partial charge on any atom is 0.224 e. The molecule has 1 aliphatic heterocycles. The van der Waals surface area contributed by atoms with Crippen molar-refractivity contribution in [2.75, 3.05) is 6.54 Å². The molecule has 6 heteroatoms. The van der Waals surface area contributed by atoms with Crippen LogP contribution < -0.4 is 5.73 Å². The number of hydrogen-bond donors (Lipinski definition) is 1. The maximum absolute atomic E-state index is 11.7. The van der Waals surface area contributed by atoms with Gasteiger partial charge < -0.3 is 15.2 Å². The topological polar surface area (TPSA) is 77.0 Å². The Morgan fingerprint density at radius 3 is 3.20 bits per heavy atom. The first kappa shape index (κ1) is 10.1. The smallest absolute Gasteiger partial charge is 0.224 e. The fourth-order valence-corrected chi connectivity index (χ4v) is 1.68. The molecule has 2 heterocycles. The molecule has 82 valence electrons. The van der Waals surface area contributed by atoms with Crippen molar-refractivity contribution in [3.63, 3.8) is 0 Å². The second-order valence-electron chi connectivity index (χ2n) is 3.94. The van der Waals surface area contributed by atoms with Crippen molar-refractivity contribution in [3.8, 4) is 0 Å². The van der Waals surface area contributed by atoms with E-state index in [0.717, 1.165) is 18.9 Å². The van der Waals surface area contributed by atoms with Gasteiger partial charge in [0.25, 0.3) is 0 Å². The van der Waals surface area contributed by atoms with Gasteiger partial charge in [-0.2, -0.15) is 0 Å². The molecule has 1 amide bonds. The zero-order valence-electron chi connectivity index (χ0n) is 8.76. The van der Waals surface area contributed by atoms with Crippen LogP contribution in [0.2, 0.25) is 0 Å². The third-order valence-electron chi connectivity index (χ3n) is 2.49. The van der Waals surface area contributed by atoms with Crippen LogP contribution in [-0.2, 0) is 17.9 Å². The predicted molar refractivity (Wildman–Crippen MR) is 53.7 cm³/mol. The quantitative estimate of drug-likeness (QED) is 0.702. The fraction of sp³-hybridized carbons (Fsp3) is 0.667. The highest BCUT2D eigenvalue weighted by molar-refractivity contribution is 5.76. The number of carbonyl (C=O) groups is 1. The van der Waals surface area contributed by atoms with Gasteiger partial charge in [-0.25, -0.2) is 0 Å². The highest BCUT2D eigenvalue weighted by atomic mass is 16.2. The van der Waals surface area contributed by atoms with Gasteiger partial charge in [-0.15, -0.1) is 10.2 Å². The normalized spacial score (nSPS) is 17.3. The number of rotatable bonds is 2. The summed E-state index contributed by atoms with van der Waals surface area (Å²) < 4.78 is 1.97. The molecule has 0 radical (unpaired) electrons. The van der Waals surface area contributed by atoms with Gasteiger partial charge in [0.05, 0.1) is 6.54 Å². The van der Waals surface area contributed by atoms with Gasteiger partial charge in [0.2, 0.25) is 5.91 Å². The molecule has 6 nitrogen and oxygen atoms in total. The van der Waals surface area contributed by atoms with Crippen LogP contribution in [-0.4, -0.2) is 38.2 Å². The molecule has 0 aromatic carbocycles. The third-order valence-corrected chi connectivity index (χ3v) is 2.49. The van der Waals surface area contributed by atoms with Crippen LogP contribution in [0.1, 0.15) is 19.2 Å². The molecule has 0 bridgehead atoms. The van der Waals surface area contributed by atoms with Crippen molar-refractivity contribution in [2.45, 2.75) is 32.5 Å². The van der Waals surface area contributed by atoms with Crippen molar-refractivity contribution in [2.24, 2.45) is 5.73 Å². The van der Waals surface area contributed by atoms with Crippen molar-refractivity contribution >= 4 is 5.91 Å². The van der Waals surface area contributed by atoms with E-state index < -0.39 is 0 Å². The molecule has 1 atom stereocenters. The molecule has 1 aromatic heterocycles. The van der Waals surface area contributed by atoms with E-state index in [-0.39, 0.29) is 11.9 Å². The molecule has 15 heavy (non-hydrogen) atoms. The molecule has 0 spiro atoms. The fourth-order valence-electron chi connectivity index (χ4n) is 1.68. The molecule has 1 aromatic rings. The summed E-state index contributed by atoms with van der Waals surface area (Å²) in [6.45, 7) is 3.87. The monoisotopic (exact) mass is 209 g/mol. The average molecular weight is 209 g/mol. The van der Waals surface area contributed by atoms with E-state index in [9.17, 15) is 4.79 Å². The predicted octanol–water partition coefficient (Wildman–Crippen LogP) is -0.642. The maximum atomic E-state index is 11.7. The van der Waals surface area contributed by atoms with Crippen LogP contribution in [0, 0.1) is 0 Å². The summed E-state index contributed by atoms with van der Waals surface area (Å²) in [5.41, 5.74) is 5.59.